The SMILES string of the molecule is CC1=C(C(=O)OCc2ccccc2)[C@H](c2ccccc2)C(C#N)=C(N)O1. The molecule has 0 aromatic heterocycles. The number of carbonyl (C=O) groups is 1. The molecular formula is C21H18N2O3. The molecule has 0 radical (unpaired) electrons. The summed E-state index contributed by atoms with van der Waals surface area (Å²) in [6.45, 7) is 1.79. The summed E-state index contributed by atoms with van der Waals surface area (Å²) in [5, 5.41) is 9.54. The summed E-state index contributed by atoms with van der Waals surface area (Å²) in [5.74, 6) is -0.787. The monoisotopic (exact) mass is 346 g/mol. The number of allylic oxidation sites excluding steroid dienone is 2. The van der Waals surface area contributed by atoms with Crippen LogP contribution in [0, 0.1) is 11.3 Å². The van der Waals surface area contributed by atoms with Gasteiger partial charge < -0.3 is 15.2 Å². The van der Waals surface area contributed by atoms with Gasteiger partial charge in [-0.25, -0.2) is 4.79 Å². The summed E-state index contributed by atoms with van der Waals surface area (Å²) in [6, 6.07) is 20.7. The Hall–Kier alpha value is -3.52. The van der Waals surface area contributed by atoms with Crippen LogP contribution in [0.5, 0.6) is 0 Å². The molecule has 0 bridgehead atoms. The Bertz CT molecular complexity index is 909. The number of hydrogen-bond acceptors (Lipinski definition) is 5. The molecule has 2 N–H and O–H groups in total. The Kier molecular flexibility index (Phi) is 5.04. The number of hydrogen-bond donors (Lipinski definition) is 1. The van der Waals surface area contributed by atoms with Crippen LogP contribution in [0.4, 0.5) is 0 Å². The largest absolute Gasteiger partial charge is 0.457 e. The predicted molar refractivity (Wildman–Crippen MR) is 96.0 cm³/mol. The van der Waals surface area contributed by atoms with Crippen LogP contribution in [0.1, 0.15) is 24.0 Å². The lowest BCUT2D eigenvalue weighted by Crippen LogP contribution is -2.25. The van der Waals surface area contributed by atoms with Gasteiger partial charge in [0.2, 0.25) is 5.88 Å². The standard InChI is InChI=1S/C21H18N2O3/c1-14-18(21(24)25-13-15-8-4-2-5-9-15)19(16-10-6-3-7-11-16)17(12-22)20(23)26-14/h2-11,19H,13,23H2,1H3/t19-/m1/s1. The van der Waals surface area contributed by atoms with Crippen molar-refractivity contribution in [3.63, 3.8) is 0 Å². The Balaban J connectivity index is 1.93. The van der Waals surface area contributed by atoms with Crippen LogP contribution in [-0.4, -0.2) is 5.97 Å². The molecule has 1 atom stereocenters. The van der Waals surface area contributed by atoms with Gasteiger partial charge in [-0.05, 0) is 18.1 Å². The number of nitrogens with zero attached hydrogens (tertiary/aromatic N) is 1. The lowest BCUT2D eigenvalue weighted by atomic mass is 9.83. The van der Waals surface area contributed by atoms with Crippen molar-refractivity contribution in [1.29, 1.82) is 5.26 Å². The van der Waals surface area contributed by atoms with Gasteiger partial charge in [0.05, 0.1) is 11.5 Å². The second kappa shape index (κ2) is 7.58. The second-order valence-electron chi connectivity index (χ2n) is 5.87. The van der Waals surface area contributed by atoms with Crippen LogP contribution in [0.2, 0.25) is 0 Å². The van der Waals surface area contributed by atoms with Gasteiger partial charge in [0.15, 0.2) is 0 Å². The van der Waals surface area contributed by atoms with E-state index < -0.39 is 11.9 Å². The fourth-order valence-electron chi connectivity index (χ4n) is 2.93. The van der Waals surface area contributed by atoms with Gasteiger partial charge in [0.1, 0.15) is 24.0 Å². The van der Waals surface area contributed by atoms with E-state index in [1.807, 2.05) is 60.7 Å². The van der Waals surface area contributed by atoms with Gasteiger partial charge in [-0.2, -0.15) is 5.26 Å². The molecule has 0 spiro atoms. The first-order valence-electron chi connectivity index (χ1n) is 8.16. The first kappa shape index (κ1) is 17.3. The highest BCUT2D eigenvalue weighted by Crippen LogP contribution is 2.39. The zero-order valence-electron chi connectivity index (χ0n) is 14.3. The molecule has 1 heterocycles. The summed E-state index contributed by atoms with van der Waals surface area (Å²) in [7, 11) is 0. The molecule has 0 amide bonds. The van der Waals surface area contributed by atoms with Crippen molar-refractivity contribution in [2.45, 2.75) is 19.4 Å². The Morgan fingerprint density at radius 2 is 1.77 bits per heavy atom. The zero-order valence-corrected chi connectivity index (χ0v) is 14.3. The van der Waals surface area contributed by atoms with Gasteiger partial charge in [-0.1, -0.05) is 60.7 Å². The minimum absolute atomic E-state index is 0.0125. The minimum atomic E-state index is -0.613. The summed E-state index contributed by atoms with van der Waals surface area (Å²) < 4.78 is 10.9. The van der Waals surface area contributed by atoms with E-state index in [1.54, 1.807) is 6.92 Å². The minimum Gasteiger partial charge on any atom is -0.457 e. The van der Waals surface area contributed by atoms with Crippen LogP contribution in [-0.2, 0) is 20.9 Å². The van der Waals surface area contributed by atoms with Crippen molar-refractivity contribution in [3.05, 3.63) is 94.6 Å². The van der Waals surface area contributed by atoms with E-state index >= 15 is 0 Å². The molecule has 0 saturated heterocycles. The normalized spacial score (nSPS) is 16.7. The molecular weight excluding hydrogens is 328 g/mol. The van der Waals surface area contributed by atoms with Crippen molar-refractivity contribution in [3.8, 4) is 6.07 Å². The quantitative estimate of drug-likeness (QED) is 0.856. The van der Waals surface area contributed by atoms with E-state index in [0.29, 0.717) is 5.76 Å². The highest BCUT2D eigenvalue weighted by Gasteiger charge is 2.36. The van der Waals surface area contributed by atoms with Crippen LogP contribution in [0.15, 0.2) is 83.5 Å². The van der Waals surface area contributed by atoms with Crippen molar-refractivity contribution < 1.29 is 14.3 Å². The molecule has 0 saturated carbocycles. The third kappa shape index (κ3) is 3.45. The first-order valence-corrected chi connectivity index (χ1v) is 8.16. The van der Waals surface area contributed by atoms with Crippen LogP contribution < -0.4 is 5.73 Å². The van der Waals surface area contributed by atoms with Gasteiger partial charge in [-0.3, -0.25) is 0 Å². The third-order valence-electron chi connectivity index (χ3n) is 4.17. The average Bonchev–Trinajstić information content (AvgIpc) is 2.67. The summed E-state index contributed by atoms with van der Waals surface area (Å²) in [6.07, 6.45) is 0. The number of nitriles is 1. The molecule has 2 aromatic rings. The van der Waals surface area contributed by atoms with Crippen molar-refractivity contribution in [1.82, 2.24) is 0 Å². The fourth-order valence-corrected chi connectivity index (χ4v) is 2.93. The third-order valence-corrected chi connectivity index (χ3v) is 4.17. The van der Waals surface area contributed by atoms with Crippen molar-refractivity contribution >= 4 is 5.97 Å². The fraction of sp³-hybridized carbons (Fsp3) is 0.143. The van der Waals surface area contributed by atoms with E-state index in [1.165, 1.54) is 0 Å². The number of carbonyl (C=O) groups excluding carboxylic acids is 1. The molecule has 26 heavy (non-hydrogen) atoms. The Labute approximate surface area is 152 Å². The lowest BCUT2D eigenvalue weighted by molar-refractivity contribution is -0.140. The number of benzene rings is 2. The number of ether oxygens (including phenoxy) is 2. The average molecular weight is 346 g/mol. The maximum Gasteiger partial charge on any atom is 0.338 e. The van der Waals surface area contributed by atoms with Gasteiger partial charge in [0.25, 0.3) is 0 Å². The van der Waals surface area contributed by atoms with E-state index in [4.69, 9.17) is 15.2 Å². The predicted octanol–water partition coefficient (Wildman–Crippen LogP) is 3.51. The van der Waals surface area contributed by atoms with Crippen LogP contribution >= 0.6 is 0 Å². The topological polar surface area (TPSA) is 85.3 Å². The van der Waals surface area contributed by atoms with Gasteiger partial charge in [-0.15, -0.1) is 0 Å². The van der Waals surface area contributed by atoms with Crippen molar-refractivity contribution in [2.24, 2.45) is 5.73 Å². The van der Waals surface area contributed by atoms with Crippen LogP contribution in [0.3, 0.4) is 0 Å². The van der Waals surface area contributed by atoms with Crippen molar-refractivity contribution in [2.75, 3.05) is 0 Å². The number of esters is 1. The molecule has 3 rings (SSSR count). The highest BCUT2D eigenvalue weighted by atomic mass is 16.5. The smallest absolute Gasteiger partial charge is 0.338 e. The van der Waals surface area contributed by atoms with Crippen LogP contribution in [0.25, 0.3) is 0 Å². The summed E-state index contributed by atoms with van der Waals surface area (Å²) in [4.78, 5) is 12.8. The number of nitrogens with two attached hydrogens (primary N) is 1. The zero-order chi connectivity index (χ0) is 18.5. The molecule has 2 aromatic carbocycles. The molecule has 130 valence electrons. The maximum atomic E-state index is 12.8. The molecule has 0 unspecified atom stereocenters. The molecule has 1 aliphatic rings. The van der Waals surface area contributed by atoms with E-state index in [2.05, 4.69) is 6.07 Å². The summed E-state index contributed by atoms with van der Waals surface area (Å²) in [5.41, 5.74) is 8.03. The number of rotatable bonds is 4. The molecule has 0 fully saturated rings. The molecule has 0 aliphatic carbocycles. The summed E-state index contributed by atoms with van der Waals surface area (Å²) >= 11 is 0. The van der Waals surface area contributed by atoms with E-state index in [9.17, 15) is 10.1 Å². The highest BCUT2D eigenvalue weighted by molar-refractivity contribution is 5.92. The van der Waals surface area contributed by atoms with E-state index in [-0.39, 0.29) is 23.6 Å². The Morgan fingerprint density at radius 1 is 1.15 bits per heavy atom. The molecule has 1 aliphatic heterocycles. The maximum absolute atomic E-state index is 12.8. The van der Waals surface area contributed by atoms with Gasteiger partial charge >= 0.3 is 5.97 Å². The molecule has 5 nitrogen and oxygen atoms in total. The molecule has 5 heteroatoms. The first-order chi connectivity index (χ1) is 12.6. The Morgan fingerprint density at radius 3 is 2.38 bits per heavy atom. The van der Waals surface area contributed by atoms with E-state index in [0.717, 1.165) is 11.1 Å². The van der Waals surface area contributed by atoms with Gasteiger partial charge in [0, 0.05) is 0 Å². The second-order valence-corrected chi connectivity index (χ2v) is 5.87. The lowest BCUT2D eigenvalue weighted by Gasteiger charge is -2.26.